The molecular formula is C12H20N6O. The number of hydrogen-bond donors (Lipinski definition) is 3. The fourth-order valence-electron chi connectivity index (χ4n) is 2.47. The van der Waals surface area contributed by atoms with Crippen molar-refractivity contribution in [1.29, 1.82) is 0 Å². The molecule has 1 saturated heterocycles. The third-order valence-corrected chi connectivity index (χ3v) is 3.40. The summed E-state index contributed by atoms with van der Waals surface area (Å²) in [5.41, 5.74) is 3.53. The molecule has 19 heavy (non-hydrogen) atoms. The number of carbonyl (C=O) groups is 1. The number of hydrazine groups is 1. The monoisotopic (exact) mass is 264 g/mol. The Kier molecular flexibility index (Phi) is 4.16. The summed E-state index contributed by atoms with van der Waals surface area (Å²) in [6.45, 7) is 5.40. The van der Waals surface area contributed by atoms with Crippen molar-refractivity contribution in [3.63, 3.8) is 0 Å². The Balaban J connectivity index is 2.42. The Morgan fingerprint density at radius 2 is 2.32 bits per heavy atom. The fraction of sp³-hybridized carbons (Fsp3) is 0.583. The third-order valence-electron chi connectivity index (χ3n) is 3.40. The molecule has 104 valence electrons. The van der Waals surface area contributed by atoms with Crippen molar-refractivity contribution in [3.8, 4) is 0 Å². The lowest BCUT2D eigenvalue weighted by Crippen LogP contribution is -2.55. The summed E-state index contributed by atoms with van der Waals surface area (Å²) in [7, 11) is 0. The van der Waals surface area contributed by atoms with Crippen molar-refractivity contribution in [3.05, 3.63) is 11.9 Å². The van der Waals surface area contributed by atoms with Crippen LogP contribution in [0.3, 0.4) is 0 Å². The second-order valence-electron chi connectivity index (χ2n) is 4.43. The molecule has 1 aromatic rings. The maximum absolute atomic E-state index is 11.9. The zero-order valence-electron chi connectivity index (χ0n) is 11.3. The lowest BCUT2D eigenvalue weighted by molar-refractivity contribution is -0.123. The lowest BCUT2D eigenvalue weighted by Gasteiger charge is -2.36. The van der Waals surface area contributed by atoms with Crippen LogP contribution in [0.5, 0.6) is 0 Å². The molecule has 2 rings (SSSR count). The molecule has 1 aromatic heterocycles. The number of amides is 1. The van der Waals surface area contributed by atoms with Crippen LogP contribution in [-0.2, 0) is 11.2 Å². The first-order chi connectivity index (χ1) is 9.22. The number of anilines is 2. The molecule has 1 aliphatic heterocycles. The van der Waals surface area contributed by atoms with E-state index in [1.807, 2.05) is 18.7 Å². The molecule has 0 spiro atoms. The van der Waals surface area contributed by atoms with Crippen molar-refractivity contribution >= 4 is 17.5 Å². The van der Waals surface area contributed by atoms with Crippen molar-refractivity contribution in [1.82, 2.24) is 15.3 Å². The van der Waals surface area contributed by atoms with Gasteiger partial charge in [0.2, 0.25) is 5.91 Å². The van der Waals surface area contributed by atoms with E-state index in [0.29, 0.717) is 12.4 Å². The van der Waals surface area contributed by atoms with Gasteiger partial charge in [-0.25, -0.2) is 15.8 Å². The number of carbonyl (C=O) groups excluding carboxylic acids is 1. The Bertz CT molecular complexity index is 464. The van der Waals surface area contributed by atoms with Crippen molar-refractivity contribution in [2.45, 2.75) is 32.7 Å². The largest absolute Gasteiger partial charge is 0.353 e. The van der Waals surface area contributed by atoms with Gasteiger partial charge in [0, 0.05) is 18.7 Å². The zero-order valence-corrected chi connectivity index (χ0v) is 11.3. The van der Waals surface area contributed by atoms with E-state index in [1.165, 1.54) is 6.33 Å². The predicted molar refractivity (Wildman–Crippen MR) is 73.7 cm³/mol. The molecule has 1 atom stereocenters. The third kappa shape index (κ3) is 2.46. The Morgan fingerprint density at radius 1 is 1.53 bits per heavy atom. The normalized spacial score (nSPS) is 19.2. The van der Waals surface area contributed by atoms with E-state index in [9.17, 15) is 4.79 Å². The number of rotatable bonds is 4. The van der Waals surface area contributed by atoms with E-state index >= 15 is 0 Å². The van der Waals surface area contributed by atoms with E-state index < -0.39 is 0 Å². The maximum atomic E-state index is 11.9. The molecule has 1 fully saturated rings. The molecule has 7 heteroatoms. The molecular weight excluding hydrogens is 244 g/mol. The molecule has 2 heterocycles. The van der Waals surface area contributed by atoms with Crippen LogP contribution in [0.2, 0.25) is 0 Å². The minimum absolute atomic E-state index is 0.0525. The summed E-state index contributed by atoms with van der Waals surface area (Å²) in [6.07, 6.45) is 2.97. The molecule has 1 amide bonds. The number of piperazine rings is 1. The van der Waals surface area contributed by atoms with Gasteiger partial charge in [0.1, 0.15) is 24.0 Å². The van der Waals surface area contributed by atoms with E-state index in [2.05, 4.69) is 20.7 Å². The topological polar surface area (TPSA) is 96.2 Å². The van der Waals surface area contributed by atoms with Crippen LogP contribution in [-0.4, -0.2) is 35.0 Å². The van der Waals surface area contributed by atoms with Crippen molar-refractivity contribution in [2.75, 3.05) is 23.4 Å². The van der Waals surface area contributed by atoms with E-state index in [1.54, 1.807) is 0 Å². The van der Waals surface area contributed by atoms with Gasteiger partial charge in [-0.3, -0.25) is 4.79 Å². The molecule has 0 aromatic carbocycles. The van der Waals surface area contributed by atoms with Crippen LogP contribution in [0.4, 0.5) is 11.6 Å². The Hall–Kier alpha value is -1.89. The average molecular weight is 264 g/mol. The first-order valence-electron chi connectivity index (χ1n) is 6.57. The van der Waals surface area contributed by atoms with E-state index in [0.717, 1.165) is 30.8 Å². The van der Waals surface area contributed by atoms with Crippen molar-refractivity contribution < 1.29 is 4.79 Å². The molecule has 0 radical (unpaired) electrons. The molecule has 1 unspecified atom stereocenters. The summed E-state index contributed by atoms with van der Waals surface area (Å²) in [5.74, 6) is 6.95. The second kappa shape index (κ2) is 5.83. The summed E-state index contributed by atoms with van der Waals surface area (Å²) in [6, 6.07) is -0.181. The van der Waals surface area contributed by atoms with Gasteiger partial charge < -0.3 is 15.6 Å². The average Bonchev–Trinajstić information content (AvgIpc) is 2.45. The van der Waals surface area contributed by atoms with Crippen molar-refractivity contribution in [2.24, 2.45) is 5.84 Å². The molecule has 4 N–H and O–H groups in total. The minimum atomic E-state index is -0.181. The SMILES string of the molecule is CCc1c(NN)ncnc1N1CCNC(=O)C1CC. The molecule has 0 saturated carbocycles. The summed E-state index contributed by atoms with van der Waals surface area (Å²) in [4.78, 5) is 22.4. The highest BCUT2D eigenvalue weighted by Crippen LogP contribution is 2.26. The van der Waals surface area contributed by atoms with Gasteiger partial charge in [-0.05, 0) is 12.8 Å². The van der Waals surface area contributed by atoms with Crippen LogP contribution >= 0.6 is 0 Å². The number of hydrogen-bond acceptors (Lipinski definition) is 6. The van der Waals surface area contributed by atoms with Gasteiger partial charge >= 0.3 is 0 Å². The van der Waals surface area contributed by atoms with Gasteiger partial charge in [0.05, 0.1) is 0 Å². The highest BCUT2D eigenvalue weighted by molar-refractivity contribution is 5.86. The molecule has 1 aliphatic rings. The first kappa shape index (κ1) is 13.5. The number of nitrogens with one attached hydrogen (secondary N) is 2. The Labute approximate surface area is 112 Å². The molecule has 0 aliphatic carbocycles. The van der Waals surface area contributed by atoms with Crippen LogP contribution in [0, 0.1) is 0 Å². The highest BCUT2D eigenvalue weighted by Gasteiger charge is 2.30. The number of aromatic nitrogens is 2. The van der Waals surface area contributed by atoms with Crippen LogP contribution in [0.25, 0.3) is 0 Å². The molecule has 0 bridgehead atoms. The lowest BCUT2D eigenvalue weighted by atomic mass is 10.1. The highest BCUT2D eigenvalue weighted by atomic mass is 16.2. The van der Waals surface area contributed by atoms with Gasteiger partial charge in [0.15, 0.2) is 0 Å². The quantitative estimate of drug-likeness (QED) is 0.525. The molecule has 7 nitrogen and oxygen atoms in total. The predicted octanol–water partition coefficient (Wildman–Crippen LogP) is 0.0394. The van der Waals surface area contributed by atoms with Gasteiger partial charge in [-0.2, -0.15) is 0 Å². The standard InChI is InChI=1S/C12H20N6O/c1-3-8-10(17-13)15-7-16-11(8)18-6-5-14-12(19)9(18)4-2/h7,9H,3-6,13H2,1-2H3,(H,14,19)(H,15,16,17). The number of nitrogen functional groups attached to an aromatic ring is 1. The zero-order chi connectivity index (χ0) is 13.8. The summed E-state index contributed by atoms with van der Waals surface area (Å²) in [5, 5.41) is 2.88. The van der Waals surface area contributed by atoms with Crippen LogP contribution in [0.15, 0.2) is 6.33 Å². The van der Waals surface area contributed by atoms with Crippen LogP contribution in [0.1, 0.15) is 25.8 Å². The van der Waals surface area contributed by atoms with Gasteiger partial charge in [0.25, 0.3) is 0 Å². The smallest absolute Gasteiger partial charge is 0.242 e. The van der Waals surface area contributed by atoms with Crippen LogP contribution < -0.4 is 21.5 Å². The van der Waals surface area contributed by atoms with Gasteiger partial charge in [-0.1, -0.05) is 13.8 Å². The minimum Gasteiger partial charge on any atom is -0.353 e. The van der Waals surface area contributed by atoms with E-state index in [4.69, 9.17) is 5.84 Å². The summed E-state index contributed by atoms with van der Waals surface area (Å²) >= 11 is 0. The maximum Gasteiger partial charge on any atom is 0.242 e. The fourth-order valence-corrected chi connectivity index (χ4v) is 2.47. The number of nitrogens with zero attached hydrogens (tertiary/aromatic N) is 3. The summed E-state index contributed by atoms with van der Waals surface area (Å²) < 4.78 is 0. The first-order valence-corrected chi connectivity index (χ1v) is 6.57. The second-order valence-corrected chi connectivity index (χ2v) is 4.43. The van der Waals surface area contributed by atoms with Gasteiger partial charge in [-0.15, -0.1) is 0 Å². The number of nitrogens with two attached hydrogens (primary N) is 1. The Morgan fingerprint density at radius 3 is 2.95 bits per heavy atom. The van der Waals surface area contributed by atoms with E-state index in [-0.39, 0.29) is 11.9 Å².